The maximum atomic E-state index is 12.4. The Morgan fingerprint density at radius 2 is 1.85 bits per heavy atom. The molecule has 1 atom stereocenters. The van der Waals surface area contributed by atoms with Crippen LogP contribution in [-0.2, 0) is 25.8 Å². The van der Waals surface area contributed by atoms with Gasteiger partial charge in [0.2, 0.25) is 0 Å². The predicted molar refractivity (Wildman–Crippen MR) is 95.1 cm³/mol. The van der Waals surface area contributed by atoms with Crippen LogP contribution in [0.25, 0.3) is 0 Å². The van der Waals surface area contributed by atoms with E-state index in [0.717, 1.165) is 0 Å². The first-order valence-electron chi connectivity index (χ1n) is 7.93. The Balaban J connectivity index is 2.02. The predicted octanol–water partition coefficient (Wildman–Crippen LogP) is 1.52. The Hall–Kier alpha value is -2.58. The first-order chi connectivity index (χ1) is 12.3. The first-order valence-corrected chi connectivity index (χ1v) is 9.47. The van der Waals surface area contributed by atoms with Crippen molar-refractivity contribution in [3.63, 3.8) is 0 Å². The van der Waals surface area contributed by atoms with Crippen molar-refractivity contribution in [3.8, 4) is 0 Å². The van der Waals surface area contributed by atoms with Crippen LogP contribution in [0.4, 0.5) is 0 Å². The van der Waals surface area contributed by atoms with Crippen LogP contribution in [0, 0.1) is 0 Å². The van der Waals surface area contributed by atoms with Crippen LogP contribution in [0.15, 0.2) is 53.7 Å². The van der Waals surface area contributed by atoms with Crippen molar-refractivity contribution >= 4 is 21.6 Å². The monoisotopic (exact) mass is 376 g/mol. The first kappa shape index (κ1) is 19.7. The van der Waals surface area contributed by atoms with Crippen LogP contribution in [0.3, 0.4) is 0 Å². The van der Waals surface area contributed by atoms with E-state index in [2.05, 4.69) is 9.72 Å². The van der Waals surface area contributed by atoms with Gasteiger partial charge in [0.1, 0.15) is 5.37 Å². The topological polar surface area (TPSA) is 116 Å². The summed E-state index contributed by atoms with van der Waals surface area (Å²) < 4.78 is 29.4. The second kappa shape index (κ2) is 8.68. The number of pyridine rings is 1. The van der Waals surface area contributed by atoms with Crippen molar-refractivity contribution in [2.24, 2.45) is 5.73 Å². The summed E-state index contributed by atoms with van der Waals surface area (Å²) in [6.07, 6.45) is 2.93. The molecular weight excluding hydrogens is 356 g/mol. The fourth-order valence-corrected chi connectivity index (χ4v) is 3.56. The molecule has 0 aliphatic carbocycles. The number of hydrogen-bond acceptors (Lipinski definition) is 7. The van der Waals surface area contributed by atoms with Crippen molar-refractivity contribution in [1.82, 2.24) is 4.98 Å². The van der Waals surface area contributed by atoms with Gasteiger partial charge in [0.25, 0.3) is 0 Å². The molecule has 0 fully saturated rings. The Morgan fingerprint density at radius 1 is 1.15 bits per heavy atom. The molecule has 26 heavy (non-hydrogen) atoms. The van der Waals surface area contributed by atoms with Gasteiger partial charge in [-0.1, -0.05) is 24.3 Å². The van der Waals surface area contributed by atoms with Crippen molar-refractivity contribution in [3.05, 3.63) is 59.9 Å². The van der Waals surface area contributed by atoms with Gasteiger partial charge >= 0.3 is 5.97 Å². The SMILES string of the molecule is COC(=O)CCC(=O)c1ccc(CC(N)S(=O)(=O)c2cccnc2)cc1. The molecule has 1 unspecified atom stereocenters. The Labute approximate surface area is 152 Å². The van der Waals surface area contributed by atoms with E-state index < -0.39 is 21.2 Å². The molecule has 0 saturated carbocycles. The number of carbonyl (C=O) groups is 2. The smallest absolute Gasteiger partial charge is 0.305 e. The summed E-state index contributed by atoms with van der Waals surface area (Å²) in [6, 6.07) is 9.49. The van der Waals surface area contributed by atoms with E-state index in [-0.39, 0.29) is 29.9 Å². The number of methoxy groups -OCH3 is 1. The highest BCUT2D eigenvalue weighted by molar-refractivity contribution is 7.92. The summed E-state index contributed by atoms with van der Waals surface area (Å²) in [7, 11) is -2.42. The largest absolute Gasteiger partial charge is 0.469 e. The number of sulfone groups is 1. The second-order valence-electron chi connectivity index (χ2n) is 5.67. The lowest BCUT2D eigenvalue weighted by Crippen LogP contribution is -2.32. The van der Waals surface area contributed by atoms with Gasteiger partial charge in [-0.3, -0.25) is 14.6 Å². The average molecular weight is 376 g/mol. The van der Waals surface area contributed by atoms with E-state index in [1.54, 1.807) is 24.3 Å². The van der Waals surface area contributed by atoms with Gasteiger partial charge < -0.3 is 10.5 Å². The summed E-state index contributed by atoms with van der Waals surface area (Å²) in [5.41, 5.74) is 7.01. The van der Waals surface area contributed by atoms with Crippen molar-refractivity contribution in [1.29, 1.82) is 0 Å². The molecule has 7 nitrogen and oxygen atoms in total. The maximum absolute atomic E-state index is 12.4. The number of rotatable bonds is 8. The number of nitrogens with zero attached hydrogens (tertiary/aromatic N) is 1. The van der Waals surface area contributed by atoms with Crippen LogP contribution < -0.4 is 5.73 Å². The standard InChI is InChI=1S/C18H20N2O5S/c1-25-18(22)9-8-16(21)14-6-4-13(5-7-14)11-17(19)26(23,24)15-3-2-10-20-12-15/h2-7,10,12,17H,8-9,11,19H2,1H3. The van der Waals surface area contributed by atoms with Gasteiger partial charge in [-0.15, -0.1) is 0 Å². The summed E-state index contributed by atoms with van der Waals surface area (Å²) in [4.78, 5) is 27.0. The number of hydrogen-bond donors (Lipinski definition) is 1. The zero-order valence-electron chi connectivity index (χ0n) is 14.3. The minimum atomic E-state index is -3.69. The van der Waals surface area contributed by atoms with Gasteiger partial charge in [0.15, 0.2) is 15.6 Å². The lowest BCUT2D eigenvalue weighted by molar-refractivity contribution is -0.140. The molecule has 0 radical (unpaired) electrons. The van der Waals surface area contributed by atoms with Gasteiger partial charge in [-0.05, 0) is 17.7 Å². The zero-order chi connectivity index (χ0) is 19.2. The quantitative estimate of drug-likeness (QED) is 0.548. The second-order valence-corrected chi connectivity index (χ2v) is 7.84. The van der Waals surface area contributed by atoms with E-state index in [1.807, 2.05) is 0 Å². The molecule has 2 N–H and O–H groups in total. The highest BCUT2D eigenvalue weighted by atomic mass is 32.2. The van der Waals surface area contributed by atoms with Crippen LogP contribution in [-0.4, -0.2) is 37.6 Å². The third kappa shape index (κ3) is 4.96. The van der Waals surface area contributed by atoms with Crippen LogP contribution >= 0.6 is 0 Å². The fourth-order valence-electron chi connectivity index (χ4n) is 2.32. The molecule has 2 aromatic rings. The maximum Gasteiger partial charge on any atom is 0.305 e. The molecule has 0 spiro atoms. The van der Waals surface area contributed by atoms with Crippen LogP contribution in [0.1, 0.15) is 28.8 Å². The number of Topliss-reactive ketones (excluding diaryl/α,β-unsaturated/α-hetero) is 1. The van der Waals surface area contributed by atoms with Gasteiger partial charge in [0, 0.05) is 30.8 Å². The molecule has 0 aliphatic rings. The number of esters is 1. The van der Waals surface area contributed by atoms with Crippen molar-refractivity contribution in [2.75, 3.05) is 7.11 Å². The van der Waals surface area contributed by atoms with Crippen LogP contribution in [0.5, 0.6) is 0 Å². The zero-order valence-corrected chi connectivity index (χ0v) is 15.1. The van der Waals surface area contributed by atoms with E-state index >= 15 is 0 Å². The summed E-state index contributed by atoms with van der Waals surface area (Å²) >= 11 is 0. The van der Waals surface area contributed by atoms with E-state index in [0.29, 0.717) is 11.1 Å². The molecule has 0 amide bonds. The number of ketones is 1. The molecule has 8 heteroatoms. The van der Waals surface area contributed by atoms with E-state index in [4.69, 9.17) is 5.73 Å². The number of aromatic nitrogens is 1. The van der Waals surface area contributed by atoms with Crippen LogP contribution in [0.2, 0.25) is 0 Å². The lowest BCUT2D eigenvalue weighted by atomic mass is 10.0. The Morgan fingerprint density at radius 3 is 2.42 bits per heavy atom. The summed E-state index contributed by atoms with van der Waals surface area (Å²) in [6.45, 7) is 0. The van der Waals surface area contributed by atoms with Crippen molar-refractivity contribution in [2.45, 2.75) is 29.5 Å². The molecule has 138 valence electrons. The summed E-state index contributed by atoms with van der Waals surface area (Å²) in [5.74, 6) is -0.629. The third-order valence-electron chi connectivity index (χ3n) is 3.86. The van der Waals surface area contributed by atoms with E-state index in [9.17, 15) is 18.0 Å². The number of nitrogens with two attached hydrogens (primary N) is 1. The van der Waals surface area contributed by atoms with Gasteiger partial charge in [0.05, 0.1) is 18.4 Å². The molecule has 0 aliphatic heterocycles. The summed E-state index contributed by atoms with van der Waals surface area (Å²) in [5, 5.41) is -1.12. The molecule has 2 rings (SSSR count). The van der Waals surface area contributed by atoms with Gasteiger partial charge in [-0.25, -0.2) is 8.42 Å². The fraction of sp³-hybridized carbons (Fsp3) is 0.278. The average Bonchev–Trinajstić information content (AvgIpc) is 2.67. The molecule has 1 aromatic carbocycles. The number of ether oxygens (including phenoxy) is 1. The normalized spacial score (nSPS) is 12.4. The Bertz CT molecular complexity index is 864. The highest BCUT2D eigenvalue weighted by Crippen LogP contribution is 2.16. The number of carbonyl (C=O) groups excluding carboxylic acids is 2. The van der Waals surface area contributed by atoms with E-state index in [1.165, 1.54) is 31.6 Å². The molecule has 0 saturated heterocycles. The van der Waals surface area contributed by atoms with Crippen molar-refractivity contribution < 1.29 is 22.7 Å². The third-order valence-corrected chi connectivity index (χ3v) is 5.72. The highest BCUT2D eigenvalue weighted by Gasteiger charge is 2.24. The van der Waals surface area contributed by atoms with Gasteiger partial charge in [-0.2, -0.15) is 0 Å². The number of benzene rings is 1. The molecular formula is C18H20N2O5S. The molecule has 1 aromatic heterocycles. The Kier molecular flexibility index (Phi) is 6.59. The lowest BCUT2D eigenvalue weighted by Gasteiger charge is -2.13. The minimum absolute atomic E-state index is 0.0192. The molecule has 0 bridgehead atoms. The minimum Gasteiger partial charge on any atom is -0.469 e. The molecule has 1 heterocycles.